The zero-order valence-corrected chi connectivity index (χ0v) is 16.6. The van der Waals surface area contributed by atoms with Gasteiger partial charge in [-0.25, -0.2) is 4.39 Å². The number of rotatable bonds is 7. The molecule has 144 valence electrons. The van der Waals surface area contributed by atoms with E-state index < -0.39 is 6.04 Å². The lowest BCUT2D eigenvalue weighted by atomic mass is 10.1. The third kappa shape index (κ3) is 5.68. The van der Waals surface area contributed by atoms with Crippen LogP contribution in [-0.4, -0.2) is 29.8 Å². The summed E-state index contributed by atoms with van der Waals surface area (Å²) >= 11 is 12.1. The van der Waals surface area contributed by atoms with Crippen LogP contribution < -0.4 is 5.32 Å². The first kappa shape index (κ1) is 21.2. The summed E-state index contributed by atoms with van der Waals surface area (Å²) in [5.74, 6) is -0.864. The largest absolute Gasteiger partial charge is 0.357 e. The molecule has 0 saturated heterocycles. The molecule has 0 aromatic heterocycles. The Morgan fingerprint density at radius 2 is 1.81 bits per heavy atom. The van der Waals surface area contributed by atoms with Crippen LogP contribution in [-0.2, 0) is 22.6 Å². The molecule has 0 fully saturated rings. The molecule has 0 heterocycles. The van der Waals surface area contributed by atoms with Crippen LogP contribution in [0.3, 0.4) is 0 Å². The Morgan fingerprint density at radius 3 is 2.37 bits per heavy atom. The Kier molecular flexibility index (Phi) is 7.63. The molecule has 0 radical (unpaired) electrons. The van der Waals surface area contributed by atoms with E-state index in [9.17, 15) is 14.0 Å². The maximum Gasteiger partial charge on any atom is 0.242 e. The Morgan fingerprint density at radius 1 is 1.15 bits per heavy atom. The zero-order chi connectivity index (χ0) is 20.0. The Bertz CT molecular complexity index is 812. The zero-order valence-electron chi connectivity index (χ0n) is 15.1. The first-order valence-electron chi connectivity index (χ1n) is 8.55. The number of likely N-dealkylation sites (N-methyl/N-ethyl adjacent to an activating group) is 1. The number of carbonyl (C=O) groups excluding carboxylic acids is 2. The van der Waals surface area contributed by atoms with Crippen LogP contribution in [0.25, 0.3) is 0 Å². The van der Waals surface area contributed by atoms with Gasteiger partial charge in [-0.15, -0.1) is 0 Å². The third-order valence-electron chi connectivity index (χ3n) is 4.26. The standard InChI is InChI=1S/C20H21Cl2FN2O2/c1-3-18(20(27)24-2)25(12-13-4-8-16(23)9-5-13)19(26)10-14-6-7-15(21)11-17(14)22/h4-9,11,18H,3,10,12H2,1-2H3,(H,24,27)/t18-/m0/s1. The third-order valence-corrected chi connectivity index (χ3v) is 4.84. The fraction of sp³-hybridized carbons (Fsp3) is 0.300. The van der Waals surface area contributed by atoms with Crippen molar-refractivity contribution in [2.45, 2.75) is 32.4 Å². The highest BCUT2D eigenvalue weighted by Crippen LogP contribution is 2.23. The SMILES string of the molecule is CC[C@@H](C(=O)NC)N(Cc1ccc(F)cc1)C(=O)Cc1ccc(Cl)cc1Cl. The number of halogens is 3. The van der Waals surface area contributed by atoms with E-state index in [0.717, 1.165) is 5.56 Å². The molecule has 0 bridgehead atoms. The van der Waals surface area contributed by atoms with Crippen LogP contribution in [0.2, 0.25) is 10.0 Å². The summed E-state index contributed by atoms with van der Waals surface area (Å²) in [6.07, 6.45) is 0.478. The molecule has 2 aromatic rings. The predicted octanol–water partition coefficient (Wildman–Crippen LogP) is 4.23. The molecule has 2 aromatic carbocycles. The molecule has 4 nitrogen and oxygen atoms in total. The first-order valence-corrected chi connectivity index (χ1v) is 9.30. The highest BCUT2D eigenvalue weighted by molar-refractivity contribution is 6.35. The minimum absolute atomic E-state index is 0.0324. The van der Waals surface area contributed by atoms with Gasteiger partial charge in [-0.1, -0.05) is 48.3 Å². The van der Waals surface area contributed by atoms with E-state index in [1.54, 1.807) is 30.3 Å². The lowest BCUT2D eigenvalue weighted by Gasteiger charge is -2.30. The number of benzene rings is 2. The van der Waals surface area contributed by atoms with Crippen molar-refractivity contribution in [1.82, 2.24) is 10.2 Å². The van der Waals surface area contributed by atoms with Crippen LogP contribution in [0.1, 0.15) is 24.5 Å². The summed E-state index contributed by atoms with van der Waals surface area (Å²) in [5, 5.41) is 3.47. The van der Waals surface area contributed by atoms with Crippen molar-refractivity contribution in [3.63, 3.8) is 0 Å². The second-order valence-corrected chi connectivity index (χ2v) is 6.94. The van der Waals surface area contributed by atoms with Crippen molar-refractivity contribution in [2.75, 3.05) is 7.05 Å². The van der Waals surface area contributed by atoms with E-state index in [1.165, 1.54) is 24.1 Å². The van der Waals surface area contributed by atoms with Gasteiger partial charge in [0.1, 0.15) is 11.9 Å². The van der Waals surface area contributed by atoms with Crippen molar-refractivity contribution < 1.29 is 14.0 Å². The van der Waals surface area contributed by atoms with Crippen LogP contribution in [0.5, 0.6) is 0 Å². The van der Waals surface area contributed by atoms with Gasteiger partial charge in [-0.3, -0.25) is 9.59 Å². The molecule has 0 unspecified atom stereocenters. The second kappa shape index (κ2) is 9.72. The van der Waals surface area contributed by atoms with Gasteiger partial charge in [0, 0.05) is 23.6 Å². The Balaban J connectivity index is 2.30. The van der Waals surface area contributed by atoms with Gasteiger partial charge < -0.3 is 10.2 Å². The monoisotopic (exact) mass is 410 g/mol. The number of hydrogen-bond donors (Lipinski definition) is 1. The maximum atomic E-state index is 13.2. The number of amides is 2. The first-order chi connectivity index (χ1) is 12.8. The van der Waals surface area contributed by atoms with Crippen LogP contribution in [0, 0.1) is 5.82 Å². The van der Waals surface area contributed by atoms with Gasteiger partial charge in [0.2, 0.25) is 11.8 Å². The highest BCUT2D eigenvalue weighted by atomic mass is 35.5. The van der Waals surface area contributed by atoms with Crippen molar-refractivity contribution in [3.8, 4) is 0 Å². The minimum Gasteiger partial charge on any atom is -0.357 e. The molecule has 2 amide bonds. The molecule has 0 aliphatic heterocycles. The van der Waals surface area contributed by atoms with Gasteiger partial charge in [-0.05, 0) is 41.8 Å². The summed E-state index contributed by atoms with van der Waals surface area (Å²) in [5.41, 5.74) is 1.36. The predicted molar refractivity (Wildman–Crippen MR) is 105 cm³/mol. The lowest BCUT2D eigenvalue weighted by Crippen LogP contribution is -2.48. The number of hydrogen-bond acceptors (Lipinski definition) is 2. The van der Waals surface area contributed by atoms with Crippen molar-refractivity contribution in [3.05, 3.63) is 69.5 Å². The summed E-state index contributed by atoms with van der Waals surface area (Å²) in [7, 11) is 1.53. The maximum absolute atomic E-state index is 13.2. The average molecular weight is 411 g/mol. The van der Waals surface area contributed by atoms with E-state index in [4.69, 9.17) is 23.2 Å². The van der Waals surface area contributed by atoms with Crippen molar-refractivity contribution in [2.24, 2.45) is 0 Å². The molecule has 0 spiro atoms. The fourth-order valence-electron chi connectivity index (χ4n) is 2.80. The summed E-state index contributed by atoms with van der Waals surface area (Å²) in [6.45, 7) is 2.02. The molecule has 0 aliphatic rings. The quantitative estimate of drug-likeness (QED) is 0.742. The average Bonchev–Trinajstić information content (AvgIpc) is 2.65. The van der Waals surface area contributed by atoms with E-state index in [2.05, 4.69) is 5.32 Å². The van der Waals surface area contributed by atoms with E-state index in [-0.39, 0.29) is 30.6 Å². The van der Waals surface area contributed by atoms with Gasteiger partial charge in [0.25, 0.3) is 0 Å². The van der Waals surface area contributed by atoms with Crippen molar-refractivity contribution >= 4 is 35.0 Å². The fourth-order valence-corrected chi connectivity index (χ4v) is 3.28. The molecule has 7 heteroatoms. The van der Waals surface area contributed by atoms with E-state index in [1.807, 2.05) is 6.92 Å². The molecular weight excluding hydrogens is 390 g/mol. The van der Waals surface area contributed by atoms with Gasteiger partial charge in [0.15, 0.2) is 0 Å². The van der Waals surface area contributed by atoms with E-state index >= 15 is 0 Å². The Labute approximate surface area is 168 Å². The molecule has 0 saturated carbocycles. The molecular formula is C20H21Cl2FN2O2. The molecule has 27 heavy (non-hydrogen) atoms. The van der Waals surface area contributed by atoms with E-state index in [0.29, 0.717) is 22.0 Å². The summed E-state index contributed by atoms with van der Waals surface area (Å²) in [4.78, 5) is 26.8. The van der Waals surface area contributed by atoms with Crippen LogP contribution in [0.4, 0.5) is 4.39 Å². The van der Waals surface area contributed by atoms with Gasteiger partial charge >= 0.3 is 0 Å². The van der Waals surface area contributed by atoms with Crippen LogP contribution >= 0.6 is 23.2 Å². The number of nitrogens with one attached hydrogen (secondary N) is 1. The second-order valence-electron chi connectivity index (χ2n) is 6.10. The lowest BCUT2D eigenvalue weighted by molar-refractivity contribution is -0.140. The van der Waals surface area contributed by atoms with Gasteiger partial charge in [0.05, 0.1) is 6.42 Å². The van der Waals surface area contributed by atoms with Gasteiger partial charge in [-0.2, -0.15) is 0 Å². The number of carbonyl (C=O) groups is 2. The topological polar surface area (TPSA) is 49.4 Å². The molecule has 1 atom stereocenters. The number of nitrogens with zero attached hydrogens (tertiary/aromatic N) is 1. The smallest absolute Gasteiger partial charge is 0.242 e. The summed E-state index contributed by atoms with van der Waals surface area (Å²) < 4.78 is 13.2. The summed E-state index contributed by atoms with van der Waals surface area (Å²) in [6, 6.07) is 10.1. The molecule has 2 rings (SSSR count). The molecule has 1 N–H and O–H groups in total. The highest BCUT2D eigenvalue weighted by Gasteiger charge is 2.28. The van der Waals surface area contributed by atoms with Crippen molar-refractivity contribution in [1.29, 1.82) is 0 Å². The van der Waals surface area contributed by atoms with Crippen LogP contribution in [0.15, 0.2) is 42.5 Å². The normalized spacial score (nSPS) is 11.7. The minimum atomic E-state index is -0.640. The molecule has 0 aliphatic carbocycles. The Hall–Kier alpha value is -2.11.